The summed E-state index contributed by atoms with van der Waals surface area (Å²) in [6.07, 6.45) is 0. The van der Waals surface area contributed by atoms with E-state index < -0.39 is 4.92 Å². The molecule has 1 fully saturated rings. The number of carbonyl (C=O) groups is 1. The number of non-ortho nitro benzene ring substituents is 1. The first kappa shape index (κ1) is 17.6. The molecule has 0 aliphatic carbocycles. The summed E-state index contributed by atoms with van der Waals surface area (Å²) in [6.45, 7) is 1.80. The summed E-state index contributed by atoms with van der Waals surface area (Å²) in [6, 6.07) is 16.6. The highest BCUT2D eigenvalue weighted by atomic mass is 32.1. The van der Waals surface area contributed by atoms with E-state index in [1.54, 1.807) is 12.1 Å². The average molecular weight is 381 g/mol. The molecule has 2 aromatic carbocycles. The first-order valence-corrected chi connectivity index (χ1v) is 9.60. The van der Waals surface area contributed by atoms with Crippen molar-refractivity contribution < 1.29 is 9.72 Å². The fraction of sp³-hybridized carbons (Fsp3) is 0.250. The number of carbonyl (C=O) groups excluding carboxylic acids is 1. The highest BCUT2D eigenvalue weighted by Crippen LogP contribution is 2.35. The van der Waals surface area contributed by atoms with Gasteiger partial charge in [-0.2, -0.15) is 0 Å². The van der Waals surface area contributed by atoms with Crippen LogP contribution in [0.4, 0.5) is 5.69 Å². The number of rotatable bonds is 4. The van der Waals surface area contributed by atoms with Gasteiger partial charge in [-0.15, -0.1) is 11.3 Å². The summed E-state index contributed by atoms with van der Waals surface area (Å²) in [4.78, 5) is 26.0. The number of nitrogens with two attached hydrogens (primary N) is 1. The van der Waals surface area contributed by atoms with Crippen molar-refractivity contribution in [2.24, 2.45) is 11.7 Å². The van der Waals surface area contributed by atoms with Gasteiger partial charge in [0.15, 0.2) is 0 Å². The Morgan fingerprint density at radius 2 is 1.96 bits per heavy atom. The van der Waals surface area contributed by atoms with Crippen LogP contribution >= 0.6 is 11.3 Å². The molecule has 0 unspecified atom stereocenters. The third-order valence-corrected chi connectivity index (χ3v) is 6.28. The molecule has 0 radical (unpaired) electrons. The summed E-state index contributed by atoms with van der Waals surface area (Å²) in [5, 5.41) is 11.7. The van der Waals surface area contributed by atoms with E-state index in [4.69, 9.17) is 5.73 Å². The third-order valence-electron chi connectivity index (χ3n) is 5.18. The quantitative estimate of drug-likeness (QED) is 0.552. The van der Waals surface area contributed by atoms with E-state index in [0.717, 1.165) is 10.1 Å². The molecule has 27 heavy (non-hydrogen) atoms. The Hall–Kier alpha value is -2.77. The number of benzene rings is 2. The number of likely N-dealkylation sites (tertiary alicyclic amines) is 1. The zero-order valence-corrected chi connectivity index (χ0v) is 15.4. The molecule has 0 spiro atoms. The van der Waals surface area contributed by atoms with Gasteiger partial charge in [-0.1, -0.05) is 30.3 Å². The standard InChI is InChI=1S/C20H19N3O3S/c21-10-15-11-22(12-17(15)13-4-2-1-3-5-13)20(24)19-9-14-8-16(23(25)26)6-7-18(14)27-19/h1-9,15,17H,10-12,21H2/t15-,17+/m1/s1. The molecule has 3 aromatic rings. The average Bonchev–Trinajstić information content (AvgIpc) is 3.31. The topological polar surface area (TPSA) is 89.5 Å². The molecule has 6 nitrogen and oxygen atoms in total. The zero-order valence-electron chi connectivity index (χ0n) is 14.6. The number of hydrogen-bond acceptors (Lipinski definition) is 5. The molecular formula is C20H19N3O3S. The Morgan fingerprint density at radius 3 is 2.67 bits per heavy atom. The van der Waals surface area contributed by atoms with Gasteiger partial charge in [-0.05, 0) is 30.2 Å². The number of hydrogen-bond donors (Lipinski definition) is 1. The zero-order chi connectivity index (χ0) is 19.0. The summed E-state index contributed by atoms with van der Waals surface area (Å²) < 4.78 is 0.873. The van der Waals surface area contributed by atoms with Crippen LogP contribution in [0.15, 0.2) is 54.6 Å². The molecule has 4 rings (SSSR count). The lowest BCUT2D eigenvalue weighted by Crippen LogP contribution is -2.29. The van der Waals surface area contributed by atoms with Crippen LogP contribution in [0.3, 0.4) is 0 Å². The van der Waals surface area contributed by atoms with Crippen molar-refractivity contribution in [3.8, 4) is 0 Å². The van der Waals surface area contributed by atoms with E-state index in [2.05, 4.69) is 12.1 Å². The van der Waals surface area contributed by atoms with Gasteiger partial charge in [0.2, 0.25) is 0 Å². The summed E-state index contributed by atoms with van der Waals surface area (Å²) in [5.74, 6) is 0.429. The molecule has 7 heteroatoms. The molecule has 0 bridgehead atoms. The summed E-state index contributed by atoms with van der Waals surface area (Å²) >= 11 is 1.37. The van der Waals surface area contributed by atoms with Gasteiger partial charge in [0, 0.05) is 41.2 Å². The SMILES string of the molecule is NC[C@@H]1CN(C(=O)c2cc3cc([N+](=O)[O-])ccc3s2)C[C@H]1c1ccccc1. The van der Waals surface area contributed by atoms with Crippen molar-refractivity contribution in [1.82, 2.24) is 4.90 Å². The normalized spacial score (nSPS) is 19.5. The van der Waals surface area contributed by atoms with Crippen LogP contribution < -0.4 is 5.73 Å². The van der Waals surface area contributed by atoms with Crippen molar-refractivity contribution in [1.29, 1.82) is 0 Å². The van der Waals surface area contributed by atoms with Crippen molar-refractivity contribution in [2.45, 2.75) is 5.92 Å². The lowest BCUT2D eigenvalue weighted by molar-refractivity contribution is -0.384. The number of thiophene rings is 1. The predicted molar refractivity (Wildman–Crippen MR) is 106 cm³/mol. The Bertz CT molecular complexity index is 1000. The van der Waals surface area contributed by atoms with E-state index in [1.165, 1.54) is 29.0 Å². The summed E-state index contributed by atoms with van der Waals surface area (Å²) in [5.41, 5.74) is 7.21. The molecule has 1 aliphatic rings. The lowest BCUT2D eigenvalue weighted by atomic mass is 9.89. The van der Waals surface area contributed by atoms with Gasteiger partial charge in [0.1, 0.15) is 0 Å². The van der Waals surface area contributed by atoms with Crippen molar-refractivity contribution in [3.63, 3.8) is 0 Å². The minimum Gasteiger partial charge on any atom is -0.337 e. The van der Waals surface area contributed by atoms with Crippen LogP contribution in [0.1, 0.15) is 21.2 Å². The molecule has 1 saturated heterocycles. The second-order valence-electron chi connectivity index (χ2n) is 6.81. The van der Waals surface area contributed by atoms with E-state index in [0.29, 0.717) is 24.5 Å². The van der Waals surface area contributed by atoms with Gasteiger partial charge in [0.05, 0.1) is 9.80 Å². The van der Waals surface area contributed by atoms with Gasteiger partial charge in [0.25, 0.3) is 11.6 Å². The molecule has 138 valence electrons. The molecule has 2 atom stereocenters. The fourth-order valence-electron chi connectivity index (χ4n) is 3.76. The number of nitro groups is 1. The minimum absolute atomic E-state index is 0.0317. The second-order valence-corrected chi connectivity index (χ2v) is 7.90. The van der Waals surface area contributed by atoms with Gasteiger partial charge < -0.3 is 10.6 Å². The maximum absolute atomic E-state index is 13.0. The molecule has 1 aromatic heterocycles. The van der Waals surface area contributed by atoms with E-state index in [9.17, 15) is 14.9 Å². The maximum Gasteiger partial charge on any atom is 0.270 e. The molecule has 2 N–H and O–H groups in total. The number of nitro benzene ring substituents is 1. The first-order chi connectivity index (χ1) is 13.1. The Labute approximate surface area is 160 Å². The number of nitrogens with zero attached hydrogens (tertiary/aromatic N) is 2. The second kappa shape index (κ2) is 7.09. The monoisotopic (exact) mass is 381 g/mol. The van der Waals surface area contributed by atoms with Gasteiger partial charge in [-0.3, -0.25) is 14.9 Å². The van der Waals surface area contributed by atoms with E-state index in [1.807, 2.05) is 23.1 Å². The van der Waals surface area contributed by atoms with E-state index in [-0.39, 0.29) is 23.4 Å². The van der Waals surface area contributed by atoms with Gasteiger partial charge >= 0.3 is 0 Å². The molecule has 1 amide bonds. The van der Waals surface area contributed by atoms with Crippen LogP contribution in [-0.2, 0) is 0 Å². The minimum atomic E-state index is -0.421. The number of amides is 1. The molecule has 1 aliphatic heterocycles. The van der Waals surface area contributed by atoms with Crippen molar-refractivity contribution in [2.75, 3.05) is 19.6 Å². The van der Waals surface area contributed by atoms with Crippen LogP contribution in [0.25, 0.3) is 10.1 Å². The molecule has 0 saturated carbocycles. The lowest BCUT2D eigenvalue weighted by Gasteiger charge is -2.16. The predicted octanol–water partition coefficient (Wildman–Crippen LogP) is 3.62. The Morgan fingerprint density at radius 1 is 1.19 bits per heavy atom. The summed E-state index contributed by atoms with van der Waals surface area (Å²) in [7, 11) is 0. The van der Waals surface area contributed by atoms with Crippen LogP contribution in [0.5, 0.6) is 0 Å². The maximum atomic E-state index is 13.0. The number of fused-ring (bicyclic) bond motifs is 1. The van der Waals surface area contributed by atoms with Crippen LogP contribution in [-0.4, -0.2) is 35.4 Å². The van der Waals surface area contributed by atoms with E-state index >= 15 is 0 Å². The largest absolute Gasteiger partial charge is 0.337 e. The van der Waals surface area contributed by atoms with Crippen molar-refractivity contribution in [3.05, 3.63) is 75.2 Å². The fourth-order valence-corrected chi connectivity index (χ4v) is 4.77. The highest BCUT2D eigenvalue weighted by Gasteiger charge is 2.36. The van der Waals surface area contributed by atoms with Crippen LogP contribution in [0, 0.1) is 16.0 Å². The highest BCUT2D eigenvalue weighted by molar-refractivity contribution is 7.20. The Balaban J connectivity index is 1.59. The molecular weight excluding hydrogens is 362 g/mol. The van der Waals surface area contributed by atoms with Crippen LogP contribution in [0.2, 0.25) is 0 Å². The van der Waals surface area contributed by atoms with Crippen molar-refractivity contribution >= 4 is 33.0 Å². The third kappa shape index (κ3) is 3.31. The van der Waals surface area contributed by atoms with Gasteiger partial charge in [-0.25, -0.2) is 0 Å². The molecule has 2 heterocycles. The Kier molecular flexibility index (Phi) is 4.63. The first-order valence-electron chi connectivity index (χ1n) is 8.79. The smallest absolute Gasteiger partial charge is 0.270 e.